The highest BCUT2D eigenvalue weighted by atomic mass is 16.2. The molecule has 3 nitrogen and oxygen atoms in total. The molecule has 2 aliphatic carbocycles. The molecule has 2 bridgehead atoms. The van der Waals surface area contributed by atoms with Crippen molar-refractivity contribution in [2.24, 2.45) is 16.7 Å². The van der Waals surface area contributed by atoms with Gasteiger partial charge in [-0.25, -0.2) is 0 Å². The number of hydrazine groups is 1. The molecule has 0 unspecified atom stereocenters. The van der Waals surface area contributed by atoms with E-state index >= 15 is 0 Å². The second kappa shape index (κ2) is 6.01. The van der Waals surface area contributed by atoms with Crippen molar-refractivity contribution in [1.29, 1.82) is 0 Å². The number of benzene rings is 2. The van der Waals surface area contributed by atoms with Gasteiger partial charge in [0.25, 0.3) is 0 Å². The molecule has 0 spiro atoms. The van der Waals surface area contributed by atoms with Gasteiger partial charge in [0.05, 0.1) is 16.8 Å². The fourth-order valence-corrected chi connectivity index (χ4v) is 4.78. The molecular weight excluding hydrogens is 320 g/mol. The smallest absolute Gasteiger partial charge is 0.249 e. The van der Waals surface area contributed by atoms with E-state index in [0.717, 1.165) is 36.2 Å². The predicted molar refractivity (Wildman–Crippen MR) is 106 cm³/mol. The van der Waals surface area contributed by atoms with E-state index in [-0.39, 0.29) is 11.3 Å². The van der Waals surface area contributed by atoms with Crippen molar-refractivity contribution < 1.29 is 4.79 Å². The summed E-state index contributed by atoms with van der Waals surface area (Å²) in [6.45, 7) is 8.83. The number of nitrogens with one attached hydrogen (secondary N) is 1. The topological polar surface area (TPSA) is 32.3 Å². The summed E-state index contributed by atoms with van der Waals surface area (Å²) >= 11 is 0. The highest BCUT2D eigenvalue weighted by molar-refractivity contribution is 5.90. The van der Waals surface area contributed by atoms with Crippen LogP contribution in [0.5, 0.6) is 0 Å². The molecule has 2 fully saturated rings. The van der Waals surface area contributed by atoms with Gasteiger partial charge < -0.3 is 0 Å². The minimum Gasteiger partial charge on any atom is -0.272 e. The van der Waals surface area contributed by atoms with Crippen molar-refractivity contribution in [2.75, 3.05) is 5.01 Å². The second-order valence-electron chi connectivity index (χ2n) is 8.17. The molecule has 1 amide bonds. The van der Waals surface area contributed by atoms with Crippen LogP contribution in [0.15, 0.2) is 72.8 Å². The maximum absolute atomic E-state index is 13.5. The minimum absolute atomic E-state index is 0.0416. The van der Waals surface area contributed by atoms with Gasteiger partial charge in [-0.3, -0.25) is 15.2 Å². The van der Waals surface area contributed by atoms with E-state index in [9.17, 15) is 4.79 Å². The molecule has 0 aliphatic heterocycles. The van der Waals surface area contributed by atoms with Crippen LogP contribution in [0, 0.1) is 16.7 Å². The summed E-state index contributed by atoms with van der Waals surface area (Å²) in [6.07, 6.45) is 2.93. The first-order valence-corrected chi connectivity index (χ1v) is 9.36. The lowest BCUT2D eigenvalue weighted by Crippen LogP contribution is -2.48. The molecule has 0 aromatic heterocycles. The van der Waals surface area contributed by atoms with Crippen LogP contribution in [-0.4, -0.2) is 5.91 Å². The maximum atomic E-state index is 13.5. The molecule has 26 heavy (non-hydrogen) atoms. The van der Waals surface area contributed by atoms with Crippen LogP contribution in [0.4, 0.5) is 11.4 Å². The highest BCUT2D eigenvalue weighted by Gasteiger charge is 2.61. The number of carbonyl (C=O) groups excluding carboxylic acids is 1. The first kappa shape index (κ1) is 16.9. The summed E-state index contributed by atoms with van der Waals surface area (Å²) in [6, 6.07) is 19.9. The van der Waals surface area contributed by atoms with E-state index in [1.54, 1.807) is 0 Å². The standard InChI is InChI=1S/C23H26N2O/c1-17-22(2,3)18-14-15-23(17,16-18)21(26)24-25(19-10-6-4-7-11-19)20-12-8-5-9-13-20/h4-13,18H,1,14-16H2,2-3H3,(H,24,26)/t18-,23-/m0/s1. The van der Waals surface area contributed by atoms with Crippen LogP contribution in [0.2, 0.25) is 0 Å². The number of carbonyl (C=O) groups is 1. The van der Waals surface area contributed by atoms with Gasteiger partial charge in [0, 0.05) is 0 Å². The molecule has 4 rings (SSSR count). The highest BCUT2D eigenvalue weighted by Crippen LogP contribution is 2.65. The molecule has 2 aromatic rings. The molecule has 0 heterocycles. The summed E-state index contributed by atoms with van der Waals surface area (Å²) in [7, 11) is 0. The van der Waals surface area contributed by atoms with Crippen LogP contribution in [0.1, 0.15) is 33.1 Å². The monoisotopic (exact) mass is 346 g/mol. The molecule has 2 atom stereocenters. The van der Waals surface area contributed by atoms with Crippen LogP contribution in [-0.2, 0) is 4.79 Å². The van der Waals surface area contributed by atoms with Gasteiger partial charge in [-0.15, -0.1) is 0 Å². The van der Waals surface area contributed by atoms with Gasteiger partial charge in [0.2, 0.25) is 5.91 Å². The third-order valence-electron chi connectivity index (χ3n) is 6.57. The van der Waals surface area contributed by atoms with E-state index in [4.69, 9.17) is 0 Å². The van der Waals surface area contributed by atoms with Gasteiger partial charge in [0.1, 0.15) is 0 Å². The van der Waals surface area contributed by atoms with Crippen LogP contribution in [0.25, 0.3) is 0 Å². The van der Waals surface area contributed by atoms with Crippen molar-refractivity contribution in [1.82, 2.24) is 5.43 Å². The number of nitrogens with zero attached hydrogens (tertiary/aromatic N) is 1. The summed E-state index contributed by atoms with van der Waals surface area (Å²) in [4.78, 5) is 13.5. The van der Waals surface area contributed by atoms with Gasteiger partial charge >= 0.3 is 0 Å². The number of anilines is 2. The van der Waals surface area contributed by atoms with Crippen molar-refractivity contribution in [3.63, 3.8) is 0 Å². The van der Waals surface area contributed by atoms with E-state index in [0.29, 0.717) is 5.92 Å². The molecular formula is C23H26N2O. The molecule has 1 N–H and O–H groups in total. The second-order valence-corrected chi connectivity index (χ2v) is 8.17. The minimum atomic E-state index is -0.435. The zero-order valence-electron chi connectivity index (χ0n) is 15.5. The zero-order chi connectivity index (χ0) is 18.4. The lowest BCUT2D eigenvalue weighted by Gasteiger charge is -2.38. The third kappa shape index (κ3) is 2.45. The molecule has 2 aromatic carbocycles. The number of amides is 1. The Balaban J connectivity index is 1.67. The Morgan fingerprint density at radius 1 is 1.04 bits per heavy atom. The third-order valence-corrected chi connectivity index (χ3v) is 6.57. The van der Waals surface area contributed by atoms with Gasteiger partial charge in [0.15, 0.2) is 0 Å². The number of fused-ring (bicyclic) bond motifs is 2. The summed E-state index contributed by atoms with van der Waals surface area (Å²) in [5.74, 6) is 0.630. The Morgan fingerprint density at radius 3 is 2.04 bits per heavy atom. The lowest BCUT2D eigenvalue weighted by molar-refractivity contribution is -0.128. The molecule has 3 heteroatoms. The van der Waals surface area contributed by atoms with Crippen molar-refractivity contribution in [3.8, 4) is 0 Å². The van der Waals surface area contributed by atoms with Gasteiger partial charge in [-0.1, -0.05) is 62.4 Å². The van der Waals surface area contributed by atoms with E-state index in [1.165, 1.54) is 0 Å². The Kier molecular flexibility index (Phi) is 3.91. The van der Waals surface area contributed by atoms with E-state index in [1.807, 2.05) is 65.7 Å². The summed E-state index contributed by atoms with van der Waals surface area (Å²) in [5, 5.41) is 1.89. The normalized spacial score (nSPS) is 25.9. The number of para-hydroxylation sites is 2. The number of hydrogen-bond acceptors (Lipinski definition) is 2. The van der Waals surface area contributed by atoms with Crippen LogP contribution >= 0.6 is 0 Å². The average molecular weight is 346 g/mol. The average Bonchev–Trinajstić information content (AvgIpc) is 3.20. The SMILES string of the molecule is C=C1C(C)(C)[C@H]2CC[C@]1(C(=O)NN(c1ccccc1)c1ccccc1)C2. The largest absolute Gasteiger partial charge is 0.272 e. The fraction of sp³-hybridized carbons (Fsp3) is 0.348. The van der Waals surface area contributed by atoms with Crippen LogP contribution in [0.3, 0.4) is 0 Å². The Labute approximate surface area is 155 Å². The maximum Gasteiger partial charge on any atom is 0.249 e. The zero-order valence-corrected chi connectivity index (χ0v) is 15.5. The number of hydrogen-bond donors (Lipinski definition) is 1. The lowest BCUT2D eigenvalue weighted by atomic mass is 9.68. The van der Waals surface area contributed by atoms with Crippen molar-refractivity contribution in [3.05, 3.63) is 72.8 Å². The molecule has 0 saturated heterocycles. The predicted octanol–water partition coefficient (Wildman–Crippen LogP) is 5.24. The first-order chi connectivity index (χ1) is 12.4. The molecule has 2 aliphatic rings. The molecule has 2 saturated carbocycles. The van der Waals surface area contributed by atoms with Gasteiger partial charge in [-0.2, -0.15) is 0 Å². The Morgan fingerprint density at radius 2 is 1.58 bits per heavy atom. The van der Waals surface area contributed by atoms with Crippen LogP contribution < -0.4 is 10.4 Å². The fourth-order valence-electron chi connectivity index (χ4n) is 4.78. The van der Waals surface area contributed by atoms with E-state index in [2.05, 4.69) is 25.9 Å². The number of rotatable bonds is 4. The van der Waals surface area contributed by atoms with Crippen molar-refractivity contribution >= 4 is 17.3 Å². The van der Waals surface area contributed by atoms with E-state index < -0.39 is 5.41 Å². The van der Waals surface area contributed by atoms with Gasteiger partial charge in [-0.05, 0) is 54.9 Å². The quantitative estimate of drug-likeness (QED) is 0.606. The Hall–Kier alpha value is -2.55. The molecule has 134 valence electrons. The molecule has 0 radical (unpaired) electrons. The summed E-state index contributed by atoms with van der Waals surface area (Å²) < 4.78 is 0. The summed E-state index contributed by atoms with van der Waals surface area (Å²) in [5.41, 5.74) is 5.81. The van der Waals surface area contributed by atoms with Crippen molar-refractivity contribution in [2.45, 2.75) is 33.1 Å². The first-order valence-electron chi connectivity index (χ1n) is 9.36. The Bertz CT molecular complexity index is 788.